The molecule has 9 amide bonds. The average molecular weight is 1700 g/mol. The molecule has 37 heteroatoms. The van der Waals surface area contributed by atoms with E-state index in [1.54, 1.807) is 44.9 Å². The number of allylic oxidation sites excluding steroid dienone is 4. The number of para-hydroxylation sites is 1. The summed E-state index contributed by atoms with van der Waals surface area (Å²) >= 11 is 0. The van der Waals surface area contributed by atoms with Crippen LogP contribution in [-0.4, -0.2) is 223 Å². The summed E-state index contributed by atoms with van der Waals surface area (Å²) in [6.07, 6.45) is -3.42. The molecule has 0 radical (unpaired) electrons. The van der Waals surface area contributed by atoms with Gasteiger partial charge < -0.3 is 96.9 Å². The Hall–Kier alpha value is -9.70. The number of hydrazine groups is 1. The first-order valence-electron chi connectivity index (χ1n) is 40.7. The Kier molecular flexibility index (Phi) is 33.9. The molecule has 120 heavy (non-hydrogen) atoms. The number of nitrogens with one attached hydrogen (secondary N) is 9. The standard InChI is InChI=1S/C83H114F2N12O22S/c1-7-13-72-118-67-45-58-59-44-61(84)60-43-55(98)27-29-80(60,4)82(59,85)65(100)46-81(58,5)83(67,119-72)66(101)47-92-79(109)117-49-51-19-21-54(22-20-51)93-76(106)52(15-12-30-91-78(86)108)42-64(99)73(50(2)3)95-77(107)62(23-24-68(102)90-32-41-120(110,111)112)94-70(104)28-33-113-35-37-115-39-40-116-38-36-114-34-31-89-69(103)25-26-71(105)97-48-53-14-8-9-16-56(53)74(88-6)75(96-87)57-17-10-11-18-63(57)97/h8-11,14,16-22,27,29,43,50,52,58-59,61-62,65,67,72-73,88,96,100H,7,12-13,15,23-26,28,30-42,44-49,87H2,1-6H3,(H,89,103)(H,90,102)(H,92,109)(H,93,106)(H,94,104)(H,95,107)(H3,86,91,108)(H,110,111,112)/b75-74-/t52-,58+,59+,61+,62-,65+,67-,72?,73+,80+,81+,82+,83-/m1/s1. The maximum absolute atomic E-state index is 18.0. The Morgan fingerprint density at radius 3 is 2.07 bits per heavy atom. The maximum Gasteiger partial charge on any atom is 0.407 e. The fourth-order valence-electron chi connectivity index (χ4n) is 17.3. The molecule has 9 rings (SSSR count). The number of aliphatic hydroxyl groups excluding tert-OH is 1. The number of nitrogens with two attached hydrogens (primary N) is 2. The van der Waals surface area contributed by atoms with Crippen LogP contribution in [0, 0.1) is 34.5 Å². The molecule has 4 aliphatic carbocycles. The van der Waals surface area contributed by atoms with Crippen molar-refractivity contribution in [2.45, 2.75) is 179 Å². The van der Waals surface area contributed by atoms with E-state index in [0.29, 0.717) is 29.8 Å². The van der Waals surface area contributed by atoms with Crippen LogP contribution in [0.1, 0.15) is 140 Å². The summed E-state index contributed by atoms with van der Waals surface area (Å²) in [5.41, 5.74) is 6.13. The predicted octanol–water partition coefficient (Wildman–Crippen LogP) is 4.47. The highest BCUT2D eigenvalue weighted by molar-refractivity contribution is 7.85. The molecule has 0 bridgehead atoms. The number of Topliss-reactive ketones (excluding diaryl/α,β-unsaturated/α-hetero) is 2. The molecule has 1 saturated heterocycles. The lowest BCUT2D eigenvalue weighted by Gasteiger charge is -2.63. The largest absolute Gasteiger partial charge is 0.445 e. The van der Waals surface area contributed by atoms with Crippen molar-refractivity contribution in [1.82, 2.24) is 42.6 Å². The minimum Gasteiger partial charge on any atom is -0.445 e. The lowest BCUT2D eigenvalue weighted by atomic mass is 9.44. The van der Waals surface area contributed by atoms with E-state index in [1.807, 2.05) is 55.5 Å². The van der Waals surface area contributed by atoms with Crippen molar-refractivity contribution in [2.24, 2.45) is 46.1 Å². The average Bonchev–Trinajstić information content (AvgIpc) is 1.47. The smallest absolute Gasteiger partial charge is 0.407 e. The summed E-state index contributed by atoms with van der Waals surface area (Å²) in [7, 11) is -2.63. The molecule has 1 unspecified atom stereocenters. The number of nitrogens with zero attached hydrogens (tertiary/aromatic N) is 1. The number of carbonyl (C=O) groups is 11. The van der Waals surface area contributed by atoms with Crippen LogP contribution in [-0.2, 0) is 99.6 Å². The van der Waals surface area contributed by atoms with Crippen molar-refractivity contribution in [2.75, 3.05) is 102 Å². The van der Waals surface area contributed by atoms with Crippen LogP contribution < -0.4 is 64.4 Å². The minimum absolute atomic E-state index is 0.0350. The molecule has 3 aromatic rings. The number of anilines is 2. The van der Waals surface area contributed by atoms with Crippen LogP contribution >= 0.6 is 0 Å². The third-order valence-corrected chi connectivity index (χ3v) is 24.0. The number of alkyl halides is 2. The summed E-state index contributed by atoms with van der Waals surface area (Å²) in [6.45, 7) is 8.65. The third kappa shape index (κ3) is 23.3. The number of hydrogen-bond donors (Lipinski definition) is 13. The second-order valence-corrected chi connectivity index (χ2v) is 33.1. The van der Waals surface area contributed by atoms with Crippen molar-refractivity contribution < 1.29 is 113 Å². The van der Waals surface area contributed by atoms with E-state index in [4.69, 9.17) is 49.3 Å². The highest BCUT2D eigenvalue weighted by Crippen LogP contribution is 2.72. The molecule has 3 saturated carbocycles. The van der Waals surface area contributed by atoms with Gasteiger partial charge in [-0.25, -0.2) is 18.4 Å². The number of amides is 9. The zero-order valence-corrected chi connectivity index (χ0v) is 69.4. The number of urea groups is 1. The molecule has 34 nitrogen and oxygen atoms in total. The lowest BCUT2D eigenvalue weighted by Crippen LogP contribution is -2.71. The van der Waals surface area contributed by atoms with Gasteiger partial charge in [0.05, 0.1) is 107 Å². The predicted molar refractivity (Wildman–Crippen MR) is 434 cm³/mol. The van der Waals surface area contributed by atoms with Crippen LogP contribution in [0.15, 0.2) is 96.6 Å². The van der Waals surface area contributed by atoms with Crippen molar-refractivity contribution in [1.29, 1.82) is 0 Å². The first kappa shape index (κ1) is 94.2. The molecule has 2 heterocycles. The van der Waals surface area contributed by atoms with Gasteiger partial charge in [0.15, 0.2) is 34.9 Å². The van der Waals surface area contributed by atoms with Gasteiger partial charge in [0.25, 0.3) is 10.1 Å². The van der Waals surface area contributed by atoms with E-state index >= 15 is 8.78 Å². The molecular weight excluding hydrogens is 1590 g/mol. The number of carbonyl (C=O) groups excluding carboxylic acids is 11. The Bertz CT molecular complexity index is 4390. The van der Waals surface area contributed by atoms with E-state index in [9.17, 15) is 66.3 Å². The molecule has 2 aliphatic heterocycles. The van der Waals surface area contributed by atoms with E-state index in [2.05, 4.69) is 48.0 Å². The van der Waals surface area contributed by atoms with Gasteiger partial charge in [0.1, 0.15) is 18.8 Å². The van der Waals surface area contributed by atoms with E-state index in [-0.39, 0.29) is 160 Å². The van der Waals surface area contributed by atoms with Gasteiger partial charge >= 0.3 is 12.1 Å². The zero-order chi connectivity index (χ0) is 87.1. The molecule has 13 atom stereocenters. The quantitative estimate of drug-likeness (QED) is 0.0160. The Morgan fingerprint density at radius 2 is 1.40 bits per heavy atom. The van der Waals surface area contributed by atoms with Crippen molar-refractivity contribution in [3.63, 3.8) is 0 Å². The summed E-state index contributed by atoms with van der Waals surface area (Å²) in [5.74, 6) is -3.41. The van der Waals surface area contributed by atoms with Crippen LogP contribution in [0.3, 0.4) is 0 Å². The Balaban J connectivity index is 0.694. The molecule has 4 fully saturated rings. The number of fused-ring (bicyclic) bond motifs is 9. The number of ether oxygens (including phenoxy) is 7. The summed E-state index contributed by atoms with van der Waals surface area (Å²) in [4.78, 5) is 149. The van der Waals surface area contributed by atoms with Gasteiger partial charge in [0, 0.05) is 98.3 Å². The Morgan fingerprint density at radius 1 is 0.742 bits per heavy atom. The second-order valence-electron chi connectivity index (χ2n) is 31.5. The number of primary amides is 1. The van der Waals surface area contributed by atoms with E-state index in [1.165, 1.54) is 31.2 Å². The fraction of sp³-hybridized carbons (Fsp3) is 0.578. The fourth-order valence-corrected chi connectivity index (χ4v) is 17.6. The van der Waals surface area contributed by atoms with Crippen molar-refractivity contribution in [3.8, 4) is 0 Å². The van der Waals surface area contributed by atoms with Gasteiger partial charge in [-0.15, -0.1) is 0 Å². The maximum atomic E-state index is 18.0. The van der Waals surface area contributed by atoms with Crippen LogP contribution in [0.4, 0.5) is 29.7 Å². The normalized spacial score (nSPS) is 24.6. The molecule has 15 N–H and O–H groups in total. The van der Waals surface area contributed by atoms with Gasteiger partial charge in [-0.3, -0.25) is 53.5 Å². The SMILES string of the molecule is CCCC1O[C@@H]2C[C@H]3[C@@H]4C[C@H](F)C5=CC(=O)C=C[C@]5(C)[C@@]4(F)[C@@H](O)C[C@]3(C)[C@]2(C(=O)CNC(=O)OCc2ccc(NC(=O)[C@H](CCCNC(N)=O)CC(=O)[C@@H](NC(=O)[C@@H](CCC(=O)NCCS(=O)(=O)O)NC(=O)CCOCCOCCOCCOCCNC(=O)CCC(=O)N3Cc4ccccc4/C(NC)=C(/NN)c4ccccc43)C(C)C)cc2)O1. The van der Waals surface area contributed by atoms with E-state index in [0.717, 1.165) is 28.5 Å². The molecule has 6 aliphatic rings. The molecule has 3 aromatic carbocycles. The van der Waals surface area contributed by atoms with Gasteiger partial charge in [-0.2, -0.15) is 8.42 Å². The van der Waals surface area contributed by atoms with Gasteiger partial charge in [-0.1, -0.05) is 94.8 Å². The number of aliphatic hydroxyl groups is 1. The number of halogens is 2. The first-order chi connectivity index (χ1) is 57.2. The number of alkyl carbamates (subject to hydrolysis) is 1. The highest BCUT2D eigenvalue weighted by atomic mass is 32.2. The number of benzene rings is 3. The third-order valence-electron chi connectivity index (χ3n) is 23.2. The topological polar surface area (TPSA) is 491 Å². The van der Waals surface area contributed by atoms with Crippen LogP contribution in [0.25, 0.3) is 11.4 Å². The summed E-state index contributed by atoms with van der Waals surface area (Å²) in [5, 5.41) is 33.3. The number of hydrogen-bond acceptors (Lipinski definition) is 24. The molecule has 658 valence electrons. The summed E-state index contributed by atoms with van der Waals surface area (Å²) in [6, 6.07) is 17.7. The van der Waals surface area contributed by atoms with Crippen LogP contribution in [0.2, 0.25) is 0 Å². The van der Waals surface area contributed by atoms with Crippen LogP contribution in [0.5, 0.6) is 0 Å². The number of ketones is 3. The molecule has 0 aromatic heterocycles. The van der Waals surface area contributed by atoms with E-state index < -0.39 is 177 Å². The minimum atomic E-state index is -4.43. The van der Waals surface area contributed by atoms with Crippen molar-refractivity contribution >= 4 is 97.8 Å². The molecular formula is C83H114F2N12O22S. The van der Waals surface area contributed by atoms with Gasteiger partial charge in [-0.05, 0) is 111 Å². The molecule has 0 spiro atoms. The highest BCUT2D eigenvalue weighted by Gasteiger charge is 2.80. The first-order valence-corrected chi connectivity index (χ1v) is 42.3. The monoisotopic (exact) mass is 1700 g/mol. The Labute approximate surface area is 696 Å². The summed E-state index contributed by atoms with van der Waals surface area (Å²) < 4.78 is 107. The second kappa shape index (κ2) is 43.2. The van der Waals surface area contributed by atoms with Gasteiger partial charge in [0.2, 0.25) is 35.4 Å². The lowest BCUT2D eigenvalue weighted by molar-refractivity contribution is -0.233. The number of rotatable bonds is 46. The zero-order valence-electron chi connectivity index (χ0n) is 68.6. The van der Waals surface area contributed by atoms with Crippen molar-refractivity contribution in [3.05, 3.63) is 119 Å².